The van der Waals surface area contributed by atoms with Crippen LogP contribution in [0.1, 0.15) is 21.6 Å². The second-order valence-corrected chi connectivity index (χ2v) is 7.25. The summed E-state index contributed by atoms with van der Waals surface area (Å²) in [6, 6.07) is 6.73. The Morgan fingerprint density at radius 1 is 1.23 bits per heavy atom. The summed E-state index contributed by atoms with van der Waals surface area (Å²) in [4.78, 5) is 18.7. The van der Waals surface area contributed by atoms with E-state index in [-0.39, 0.29) is 18.3 Å². The molecular weight excluding hydrogens is 399 g/mol. The first-order valence-electron chi connectivity index (χ1n) is 8.22. The standard InChI is InChI=1S/C19H16BrFN4O/c1-24-10-14(8-23-24)12-2-3-17(21)13(6-12)11-25-5-4-18-16(19(25)26)7-15(20)9-22-18/h2-3,6-10H,4-5,11H2,1H3. The van der Waals surface area contributed by atoms with Gasteiger partial charge in [0.25, 0.3) is 5.91 Å². The van der Waals surface area contributed by atoms with Crippen LogP contribution < -0.4 is 0 Å². The Hall–Kier alpha value is -2.54. The molecule has 3 aromatic rings. The van der Waals surface area contributed by atoms with Gasteiger partial charge >= 0.3 is 0 Å². The van der Waals surface area contributed by atoms with Crippen molar-refractivity contribution >= 4 is 21.8 Å². The molecule has 7 heteroatoms. The second kappa shape index (κ2) is 6.64. The van der Waals surface area contributed by atoms with Crippen molar-refractivity contribution in [3.8, 4) is 11.1 Å². The van der Waals surface area contributed by atoms with E-state index in [1.165, 1.54) is 6.07 Å². The second-order valence-electron chi connectivity index (χ2n) is 6.33. The van der Waals surface area contributed by atoms with Crippen LogP contribution in [0.25, 0.3) is 11.1 Å². The van der Waals surface area contributed by atoms with Crippen LogP contribution in [-0.4, -0.2) is 32.1 Å². The first-order valence-corrected chi connectivity index (χ1v) is 9.02. The van der Waals surface area contributed by atoms with E-state index >= 15 is 0 Å². The number of benzene rings is 1. The average molecular weight is 415 g/mol. The molecule has 0 atom stereocenters. The Balaban J connectivity index is 1.62. The van der Waals surface area contributed by atoms with Gasteiger partial charge in [-0.3, -0.25) is 14.5 Å². The SMILES string of the molecule is Cn1cc(-c2ccc(F)c(CN3CCc4ncc(Br)cc4C3=O)c2)cn1. The number of amides is 1. The Morgan fingerprint density at radius 2 is 2.08 bits per heavy atom. The van der Waals surface area contributed by atoms with E-state index in [1.807, 2.05) is 13.2 Å². The fourth-order valence-corrected chi connectivity index (χ4v) is 3.50. The molecule has 1 aliphatic heterocycles. The number of carbonyl (C=O) groups excluding carboxylic acids is 1. The van der Waals surface area contributed by atoms with Crippen molar-refractivity contribution < 1.29 is 9.18 Å². The largest absolute Gasteiger partial charge is 0.334 e. The minimum Gasteiger partial charge on any atom is -0.334 e. The summed E-state index contributed by atoms with van der Waals surface area (Å²) in [6.07, 6.45) is 5.97. The normalized spacial score (nSPS) is 13.8. The lowest BCUT2D eigenvalue weighted by atomic mass is 10.0. The van der Waals surface area contributed by atoms with E-state index in [0.29, 0.717) is 24.1 Å². The number of fused-ring (bicyclic) bond motifs is 1. The third-order valence-corrected chi connectivity index (χ3v) is 4.95. The number of carbonyl (C=O) groups is 1. The zero-order valence-corrected chi connectivity index (χ0v) is 15.7. The number of pyridine rings is 1. The Labute approximate surface area is 158 Å². The van der Waals surface area contributed by atoms with Crippen LogP contribution >= 0.6 is 15.9 Å². The molecule has 0 saturated heterocycles. The third-order valence-electron chi connectivity index (χ3n) is 4.52. The van der Waals surface area contributed by atoms with Crippen molar-refractivity contribution in [1.82, 2.24) is 19.7 Å². The first kappa shape index (κ1) is 16.9. The number of rotatable bonds is 3. The Bertz CT molecular complexity index is 1000. The van der Waals surface area contributed by atoms with Crippen LogP contribution in [-0.2, 0) is 20.0 Å². The first-order chi connectivity index (χ1) is 12.5. The van der Waals surface area contributed by atoms with Gasteiger partial charge in [-0.15, -0.1) is 0 Å². The summed E-state index contributed by atoms with van der Waals surface area (Å²) in [7, 11) is 1.84. The molecule has 3 heterocycles. The number of aryl methyl sites for hydroxylation is 1. The molecule has 0 bridgehead atoms. The van der Waals surface area contributed by atoms with Gasteiger partial charge in [0.1, 0.15) is 5.82 Å². The quantitative estimate of drug-likeness (QED) is 0.657. The number of aromatic nitrogens is 3. The van der Waals surface area contributed by atoms with Crippen LogP contribution in [0.4, 0.5) is 4.39 Å². The fourth-order valence-electron chi connectivity index (χ4n) is 3.17. The van der Waals surface area contributed by atoms with E-state index in [4.69, 9.17) is 0 Å². The zero-order chi connectivity index (χ0) is 18.3. The predicted molar refractivity (Wildman–Crippen MR) is 99.0 cm³/mol. The van der Waals surface area contributed by atoms with Gasteiger partial charge in [-0.25, -0.2) is 4.39 Å². The van der Waals surface area contributed by atoms with Crippen molar-refractivity contribution in [3.63, 3.8) is 0 Å². The highest BCUT2D eigenvalue weighted by atomic mass is 79.9. The molecular formula is C19H16BrFN4O. The molecule has 1 amide bonds. The summed E-state index contributed by atoms with van der Waals surface area (Å²) in [5.41, 5.74) is 3.65. The summed E-state index contributed by atoms with van der Waals surface area (Å²) in [5.74, 6) is -0.435. The lowest BCUT2D eigenvalue weighted by Crippen LogP contribution is -2.37. The molecule has 0 fully saturated rings. The van der Waals surface area contributed by atoms with Gasteiger partial charge in [0.15, 0.2) is 0 Å². The van der Waals surface area contributed by atoms with Crippen molar-refractivity contribution in [2.75, 3.05) is 6.54 Å². The molecule has 2 aromatic heterocycles. The van der Waals surface area contributed by atoms with Crippen LogP contribution in [0, 0.1) is 5.82 Å². The summed E-state index contributed by atoms with van der Waals surface area (Å²) < 4.78 is 16.8. The molecule has 26 heavy (non-hydrogen) atoms. The highest BCUT2D eigenvalue weighted by Crippen LogP contribution is 2.25. The van der Waals surface area contributed by atoms with Crippen molar-refractivity contribution in [2.24, 2.45) is 7.05 Å². The van der Waals surface area contributed by atoms with Crippen LogP contribution in [0.3, 0.4) is 0 Å². The lowest BCUT2D eigenvalue weighted by Gasteiger charge is -2.28. The van der Waals surface area contributed by atoms with Gasteiger partial charge in [-0.2, -0.15) is 5.10 Å². The summed E-state index contributed by atoms with van der Waals surface area (Å²) in [5, 5.41) is 4.15. The van der Waals surface area contributed by atoms with E-state index in [9.17, 15) is 9.18 Å². The van der Waals surface area contributed by atoms with Gasteiger partial charge in [0.2, 0.25) is 0 Å². The molecule has 0 aliphatic carbocycles. The summed E-state index contributed by atoms with van der Waals surface area (Å²) in [6.45, 7) is 0.752. The Kier molecular flexibility index (Phi) is 4.32. The molecule has 132 valence electrons. The highest BCUT2D eigenvalue weighted by Gasteiger charge is 2.26. The number of hydrogen-bond donors (Lipinski definition) is 0. The smallest absolute Gasteiger partial charge is 0.256 e. The molecule has 0 N–H and O–H groups in total. The van der Waals surface area contributed by atoms with Gasteiger partial charge in [-0.1, -0.05) is 6.07 Å². The highest BCUT2D eigenvalue weighted by molar-refractivity contribution is 9.10. The van der Waals surface area contributed by atoms with Gasteiger partial charge in [0, 0.05) is 54.6 Å². The predicted octanol–water partition coefficient (Wildman–Crippen LogP) is 3.58. The summed E-state index contributed by atoms with van der Waals surface area (Å²) >= 11 is 3.35. The third kappa shape index (κ3) is 3.14. The maximum absolute atomic E-state index is 14.4. The van der Waals surface area contributed by atoms with Crippen molar-refractivity contribution in [3.05, 3.63) is 70.0 Å². The molecule has 1 aromatic carbocycles. The maximum atomic E-state index is 14.4. The lowest BCUT2D eigenvalue weighted by molar-refractivity contribution is 0.0723. The zero-order valence-electron chi connectivity index (χ0n) is 14.1. The topological polar surface area (TPSA) is 51.0 Å². The monoisotopic (exact) mass is 414 g/mol. The average Bonchev–Trinajstić information content (AvgIpc) is 3.06. The van der Waals surface area contributed by atoms with Crippen LogP contribution in [0.5, 0.6) is 0 Å². The Morgan fingerprint density at radius 3 is 2.85 bits per heavy atom. The molecule has 1 aliphatic rings. The van der Waals surface area contributed by atoms with E-state index < -0.39 is 0 Å². The van der Waals surface area contributed by atoms with Crippen LogP contribution in [0.15, 0.2) is 47.3 Å². The van der Waals surface area contributed by atoms with Crippen LogP contribution in [0.2, 0.25) is 0 Å². The molecule has 4 rings (SSSR count). The number of halogens is 2. The molecule has 0 radical (unpaired) electrons. The number of hydrogen-bond acceptors (Lipinski definition) is 3. The molecule has 5 nitrogen and oxygen atoms in total. The minimum absolute atomic E-state index is 0.119. The molecule has 0 unspecified atom stereocenters. The van der Waals surface area contributed by atoms with E-state index in [2.05, 4.69) is 26.0 Å². The number of nitrogens with zero attached hydrogens (tertiary/aromatic N) is 4. The molecule has 0 spiro atoms. The van der Waals surface area contributed by atoms with E-state index in [0.717, 1.165) is 21.3 Å². The maximum Gasteiger partial charge on any atom is 0.256 e. The molecule has 0 saturated carbocycles. The van der Waals surface area contributed by atoms with Crippen molar-refractivity contribution in [1.29, 1.82) is 0 Å². The van der Waals surface area contributed by atoms with Gasteiger partial charge < -0.3 is 4.90 Å². The van der Waals surface area contributed by atoms with Gasteiger partial charge in [0.05, 0.1) is 17.5 Å². The van der Waals surface area contributed by atoms with Gasteiger partial charge in [-0.05, 0) is 39.7 Å². The minimum atomic E-state index is -0.316. The van der Waals surface area contributed by atoms with E-state index in [1.54, 1.807) is 40.2 Å². The van der Waals surface area contributed by atoms with Crippen molar-refractivity contribution in [2.45, 2.75) is 13.0 Å². The fraction of sp³-hybridized carbons (Fsp3) is 0.211.